The number of rotatable bonds is 2. The van der Waals surface area contributed by atoms with Crippen molar-refractivity contribution in [3.8, 4) is 11.8 Å². The molecule has 84 valence electrons. The number of nitrogens with one attached hydrogen (secondary N) is 1. The van der Waals surface area contributed by atoms with Crippen LogP contribution in [0, 0.1) is 11.3 Å². The molecule has 2 heterocycles. The van der Waals surface area contributed by atoms with Crippen LogP contribution >= 0.6 is 0 Å². The van der Waals surface area contributed by atoms with Crippen LogP contribution in [0.5, 0.6) is 5.75 Å². The molecular formula is C11H14N4O. The van der Waals surface area contributed by atoms with Crippen molar-refractivity contribution in [1.82, 2.24) is 10.3 Å². The first kappa shape index (κ1) is 10.7. The van der Waals surface area contributed by atoms with Gasteiger partial charge in [-0.15, -0.1) is 0 Å². The lowest BCUT2D eigenvalue weighted by atomic mass is 10.2. The second-order valence-electron chi connectivity index (χ2n) is 3.60. The lowest BCUT2D eigenvalue weighted by molar-refractivity contribution is 0.410. The van der Waals surface area contributed by atoms with E-state index in [2.05, 4.69) is 21.3 Å². The molecule has 1 saturated heterocycles. The van der Waals surface area contributed by atoms with Crippen LogP contribution in [0.1, 0.15) is 5.56 Å². The van der Waals surface area contributed by atoms with E-state index in [1.807, 2.05) is 0 Å². The zero-order valence-corrected chi connectivity index (χ0v) is 9.23. The van der Waals surface area contributed by atoms with Gasteiger partial charge < -0.3 is 15.0 Å². The number of aromatic nitrogens is 1. The van der Waals surface area contributed by atoms with Crippen molar-refractivity contribution in [3.63, 3.8) is 0 Å². The minimum atomic E-state index is 0.524. The fourth-order valence-electron chi connectivity index (χ4n) is 1.76. The smallest absolute Gasteiger partial charge is 0.171 e. The van der Waals surface area contributed by atoms with E-state index in [-0.39, 0.29) is 0 Å². The molecule has 5 heteroatoms. The molecule has 0 radical (unpaired) electrons. The van der Waals surface area contributed by atoms with Gasteiger partial charge in [-0.2, -0.15) is 5.26 Å². The Morgan fingerprint density at radius 1 is 1.50 bits per heavy atom. The van der Waals surface area contributed by atoms with Crippen LogP contribution in [0.4, 0.5) is 5.82 Å². The zero-order chi connectivity index (χ0) is 11.4. The molecule has 1 aliphatic rings. The minimum Gasteiger partial charge on any atom is -0.493 e. The molecule has 0 aliphatic carbocycles. The molecule has 2 rings (SSSR count). The van der Waals surface area contributed by atoms with E-state index in [1.165, 1.54) is 0 Å². The fourth-order valence-corrected chi connectivity index (χ4v) is 1.76. The lowest BCUT2D eigenvalue weighted by Gasteiger charge is -2.29. The van der Waals surface area contributed by atoms with E-state index >= 15 is 0 Å². The van der Waals surface area contributed by atoms with Crippen molar-refractivity contribution in [2.45, 2.75) is 0 Å². The van der Waals surface area contributed by atoms with Gasteiger partial charge in [-0.05, 0) is 0 Å². The van der Waals surface area contributed by atoms with E-state index in [0.717, 1.165) is 32.0 Å². The molecule has 0 saturated carbocycles. The van der Waals surface area contributed by atoms with E-state index in [4.69, 9.17) is 10.00 Å². The summed E-state index contributed by atoms with van der Waals surface area (Å²) in [5, 5.41) is 12.1. The molecule has 16 heavy (non-hydrogen) atoms. The summed E-state index contributed by atoms with van der Waals surface area (Å²) in [6.45, 7) is 3.72. The summed E-state index contributed by atoms with van der Waals surface area (Å²) in [5.41, 5.74) is 0.524. The summed E-state index contributed by atoms with van der Waals surface area (Å²) in [6, 6.07) is 3.79. The van der Waals surface area contributed by atoms with Gasteiger partial charge >= 0.3 is 0 Å². The summed E-state index contributed by atoms with van der Waals surface area (Å²) in [5.74, 6) is 1.49. The number of nitriles is 1. The monoisotopic (exact) mass is 218 g/mol. The molecule has 1 aromatic rings. The Labute approximate surface area is 94.7 Å². The van der Waals surface area contributed by atoms with Crippen molar-refractivity contribution < 1.29 is 4.74 Å². The average molecular weight is 218 g/mol. The Balaban J connectivity index is 2.29. The average Bonchev–Trinajstić information content (AvgIpc) is 2.39. The van der Waals surface area contributed by atoms with Gasteiger partial charge in [0.15, 0.2) is 11.6 Å². The van der Waals surface area contributed by atoms with Crippen molar-refractivity contribution >= 4 is 5.82 Å². The van der Waals surface area contributed by atoms with Crippen LogP contribution in [0.2, 0.25) is 0 Å². The molecule has 1 N–H and O–H groups in total. The van der Waals surface area contributed by atoms with E-state index in [9.17, 15) is 0 Å². The summed E-state index contributed by atoms with van der Waals surface area (Å²) in [7, 11) is 1.60. The number of hydrogen-bond acceptors (Lipinski definition) is 5. The van der Waals surface area contributed by atoms with Gasteiger partial charge in [-0.3, -0.25) is 0 Å². The standard InChI is InChI=1S/C11H14N4O/c1-16-10-6-9(7-12)8-14-11(10)15-4-2-13-3-5-15/h6,8,13H,2-5H2,1H3. The SMILES string of the molecule is COc1cc(C#N)cnc1N1CCNCC1. The third-order valence-electron chi connectivity index (χ3n) is 2.60. The molecule has 0 atom stereocenters. The van der Waals surface area contributed by atoms with Crippen LogP contribution in [0.3, 0.4) is 0 Å². The van der Waals surface area contributed by atoms with Gasteiger partial charge in [0.05, 0.1) is 12.7 Å². The molecular weight excluding hydrogens is 204 g/mol. The highest BCUT2D eigenvalue weighted by molar-refractivity contribution is 5.55. The van der Waals surface area contributed by atoms with Crippen LogP contribution in [0.15, 0.2) is 12.3 Å². The molecule has 1 aromatic heterocycles. The second kappa shape index (κ2) is 4.81. The van der Waals surface area contributed by atoms with E-state index < -0.39 is 0 Å². The first-order chi connectivity index (χ1) is 7.85. The van der Waals surface area contributed by atoms with Crippen molar-refractivity contribution in [2.24, 2.45) is 0 Å². The number of anilines is 1. The quantitative estimate of drug-likeness (QED) is 0.777. The largest absolute Gasteiger partial charge is 0.493 e. The molecule has 0 amide bonds. The predicted molar refractivity (Wildman–Crippen MR) is 60.6 cm³/mol. The number of methoxy groups -OCH3 is 1. The maximum Gasteiger partial charge on any atom is 0.171 e. The van der Waals surface area contributed by atoms with Crippen LogP contribution in [-0.4, -0.2) is 38.3 Å². The highest BCUT2D eigenvalue weighted by atomic mass is 16.5. The van der Waals surface area contributed by atoms with Gasteiger partial charge in [-0.25, -0.2) is 4.98 Å². The summed E-state index contributed by atoms with van der Waals surface area (Å²) in [4.78, 5) is 6.46. The number of nitrogens with zero attached hydrogens (tertiary/aromatic N) is 3. The van der Waals surface area contributed by atoms with Crippen molar-refractivity contribution in [2.75, 3.05) is 38.2 Å². The molecule has 0 bridgehead atoms. The summed E-state index contributed by atoms with van der Waals surface area (Å²) < 4.78 is 5.27. The summed E-state index contributed by atoms with van der Waals surface area (Å²) in [6.07, 6.45) is 1.58. The molecule has 1 aliphatic heterocycles. The number of hydrogen-bond donors (Lipinski definition) is 1. The summed E-state index contributed by atoms with van der Waals surface area (Å²) >= 11 is 0. The number of pyridine rings is 1. The maximum absolute atomic E-state index is 8.79. The van der Waals surface area contributed by atoms with Gasteiger partial charge in [-0.1, -0.05) is 0 Å². The Morgan fingerprint density at radius 3 is 2.88 bits per heavy atom. The molecule has 0 spiro atoms. The fraction of sp³-hybridized carbons (Fsp3) is 0.455. The normalized spacial score (nSPS) is 15.6. The Hall–Kier alpha value is -1.80. The Kier molecular flexibility index (Phi) is 3.22. The van der Waals surface area contributed by atoms with Gasteiger partial charge in [0, 0.05) is 38.4 Å². The third-order valence-corrected chi connectivity index (χ3v) is 2.60. The Morgan fingerprint density at radius 2 is 2.25 bits per heavy atom. The van der Waals surface area contributed by atoms with Gasteiger partial charge in [0.2, 0.25) is 0 Å². The van der Waals surface area contributed by atoms with E-state index in [0.29, 0.717) is 11.3 Å². The molecule has 1 fully saturated rings. The van der Waals surface area contributed by atoms with Gasteiger partial charge in [0.25, 0.3) is 0 Å². The maximum atomic E-state index is 8.79. The Bertz CT molecular complexity index is 407. The number of ether oxygens (including phenoxy) is 1. The topological polar surface area (TPSA) is 61.2 Å². The third kappa shape index (κ3) is 2.07. The highest BCUT2D eigenvalue weighted by Crippen LogP contribution is 2.26. The lowest BCUT2D eigenvalue weighted by Crippen LogP contribution is -2.44. The highest BCUT2D eigenvalue weighted by Gasteiger charge is 2.16. The first-order valence-corrected chi connectivity index (χ1v) is 5.25. The first-order valence-electron chi connectivity index (χ1n) is 5.25. The zero-order valence-electron chi connectivity index (χ0n) is 9.23. The predicted octanol–water partition coefficient (Wildman–Crippen LogP) is 0.371. The van der Waals surface area contributed by atoms with Crippen LogP contribution in [-0.2, 0) is 0 Å². The van der Waals surface area contributed by atoms with Crippen molar-refractivity contribution in [3.05, 3.63) is 17.8 Å². The van der Waals surface area contributed by atoms with Gasteiger partial charge in [0.1, 0.15) is 6.07 Å². The number of piperazine rings is 1. The molecule has 0 aromatic carbocycles. The molecule has 0 unspecified atom stereocenters. The van der Waals surface area contributed by atoms with Crippen LogP contribution in [0.25, 0.3) is 0 Å². The second-order valence-corrected chi connectivity index (χ2v) is 3.60. The minimum absolute atomic E-state index is 0.524. The van der Waals surface area contributed by atoms with Crippen molar-refractivity contribution in [1.29, 1.82) is 5.26 Å². The molecule has 5 nitrogen and oxygen atoms in total. The van der Waals surface area contributed by atoms with E-state index in [1.54, 1.807) is 19.4 Å². The van der Waals surface area contributed by atoms with Crippen LogP contribution < -0.4 is 15.0 Å².